The summed E-state index contributed by atoms with van der Waals surface area (Å²) in [6.07, 6.45) is 9.82. The molecule has 0 spiro atoms. The highest BCUT2D eigenvalue weighted by Gasteiger charge is 2.14. The molecule has 0 amide bonds. The third kappa shape index (κ3) is 4.16. The monoisotopic (exact) mass is 231 g/mol. The number of benzene rings is 1. The van der Waals surface area contributed by atoms with E-state index in [1.807, 2.05) is 0 Å². The van der Waals surface area contributed by atoms with Gasteiger partial charge in [-0.1, -0.05) is 62.4 Å². The van der Waals surface area contributed by atoms with E-state index in [9.17, 15) is 0 Å². The average Bonchev–Trinajstić information content (AvgIpc) is 2.33. The van der Waals surface area contributed by atoms with Crippen LogP contribution in [0.2, 0.25) is 0 Å². The lowest BCUT2D eigenvalue weighted by Gasteiger charge is -2.25. The number of hydrogen-bond acceptors (Lipinski definition) is 1. The predicted octanol–water partition coefficient (Wildman–Crippen LogP) is 4.45. The summed E-state index contributed by atoms with van der Waals surface area (Å²) < 4.78 is 0. The van der Waals surface area contributed by atoms with Crippen LogP contribution in [0.3, 0.4) is 0 Å². The molecule has 1 saturated carbocycles. The van der Waals surface area contributed by atoms with Crippen LogP contribution in [0, 0.1) is 0 Å². The van der Waals surface area contributed by atoms with Crippen molar-refractivity contribution in [1.82, 2.24) is 5.32 Å². The van der Waals surface area contributed by atoms with Gasteiger partial charge in [0.25, 0.3) is 0 Å². The zero-order chi connectivity index (χ0) is 11.9. The maximum atomic E-state index is 3.80. The average molecular weight is 231 g/mol. The summed E-state index contributed by atoms with van der Waals surface area (Å²) in [5, 5.41) is 3.80. The minimum Gasteiger partial charge on any atom is -0.307 e. The first-order valence-corrected chi connectivity index (χ1v) is 7.17. The van der Waals surface area contributed by atoms with Gasteiger partial charge in [0.1, 0.15) is 0 Å². The fourth-order valence-electron chi connectivity index (χ4n) is 2.81. The third-order valence-corrected chi connectivity index (χ3v) is 3.89. The molecule has 0 aromatic heterocycles. The Morgan fingerprint density at radius 2 is 1.53 bits per heavy atom. The molecule has 1 aliphatic rings. The second kappa shape index (κ2) is 6.80. The van der Waals surface area contributed by atoms with Crippen LogP contribution in [0.1, 0.15) is 63.5 Å². The Labute approximate surface area is 106 Å². The Balaban J connectivity index is 1.86. The summed E-state index contributed by atoms with van der Waals surface area (Å²) in [7, 11) is 0. The van der Waals surface area contributed by atoms with Crippen molar-refractivity contribution in [2.24, 2.45) is 0 Å². The standard InChI is InChI=1S/C16H25N/c1-14(15-10-6-5-7-11-15)17-16-12-8-3-2-4-9-13-16/h5-7,10-11,14,16-17H,2-4,8-9,12-13H2,1H3. The molecule has 1 fully saturated rings. The van der Waals surface area contributed by atoms with E-state index in [1.54, 1.807) is 0 Å². The molecule has 0 bridgehead atoms. The lowest BCUT2D eigenvalue weighted by molar-refractivity contribution is 0.363. The molecule has 0 radical (unpaired) electrons. The van der Waals surface area contributed by atoms with Crippen molar-refractivity contribution in [3.63, 3.8) is 0 Å². The van der Waals surface area contributed by atoms with Crippen LogP contribution >= 0.6 is 0 Å². The van der Waals surface area contributed by atoms with Crippen LogP contribution in [0.15, 0.2) is 30.3 Å². The summed E-state index contributed by atoms with van der Waals surface area (Å²) in [4.78, 5) is 0. The molecule has 0 aliphatic heterocycles. The molecule has 17 heavy (non-hydrogen) atoms. The Morgan fingerprint density at radius 1 is 0.941 bits per heavy atom. The van der Waals surface area contributed by atoms with Crippen LogP contribution in [0.5, 0.6) is 0 Å². The molecular formula is C16H25N. The maximum absolute atomic E-state index is 3.80. The predicted molar refractivity (Wildman–Crippen MR) is 74.1 cm³/mol. The van der Waals surface area contributed by atoms with Gasteiger partial charge in [0.2, 0.25) is 0 Å². The maximum Gasteiger partial charge on any atom is 0.0294 e. The van der Waals surface area contributed by atoms with Gasteiger partial charge < -0.3 is 5.32 Å². The molecule has 0 saturated heterocycles. The van der Waals surface area contributed by atoms with E-state index in [2.05, 4.69) is 42.6 Å². The summed E-state index contributed by atoms with van der Waals surface area (Å²) in [5.74, 6) is 0. The number of rotatable bonds is 3. The summed E-state index contributed by atoms with van der Waals surface area (Å²) in [6.45, 7) is 2.29. The second-order valence-corrected chi connectivity index (χ2v) is 5.34. The number of nitrogens with one attached hydrogen (secondary N) is 1. The van der Waals surface area contributed by atoms with Gasteiger partial charge in [-0.05, 0) is 25.3 Å². The molecule has 1 aliphatic carbocycles. The molecule has 1 aromatic carbocycles. The van der Waals surface area contributed by atoms with Crippen molar-refractivity contribution >= 4 is 0 Å². The van der Waals surface area contributed by atoms with Crippen LogP contribution in [0.25, 0.3) is 0 Å². The zero-order valence-corrected chi connectivity index (χ0v) is 11.0. The first kappa shape index (κ1) is 12.6. The van der Waals surface area contributed by atoms with E-state index >= 15 is 0 Å². The van der Waals surface area contributed by atoms with E-state index in [-0.39, 0.29) is 0 Å². The first-order valence-electron chi connectivity index (χ1n) is 7.17. The molecule has 1 aromatic rings. The molecule has 1 unspecified atom stereocenters. The summed E-state index contributed by atoms with van der Waals surface area (Å²) in [5.41, 5.74) is 1.41. The van der Waals surface area contributed by atoms with Crippen molar-refractivity contribution in [3.05, 3.63) is 35.9 Å². The highest BCUT2D eigenvalue weighted by molar-refractivity contribution is 5.18. The third-order valence-electron chi connectivity index (χ3n) is 3.89. The first-order chi connectivity index (χ1) is 8.36. The zero-order valence-electron chi connectivity index (χ0n) is 11.0. The number of hydrogen-bond donors (Lipinski definition) is 1. The SMILES string of the molecule is CC(NC1CCCCCCC1)c1ccccc1. The minimum absolute atomic E-state index is 0.487. The molecule has 0 heterocycles. The van der Waals surface area contributed by atoms with Crippen molar-refractivity contribution in [3.8, 4) is 0 Å². The Morgan fingerprint density at radius 3 is 2.18 bits per heavy atom. The highest BCUT2D eigenvalue weighted by atomic mass is 14.9. The molecule has 1 N–H and O–H groups in total. The van der Waals surface area contributed by atoms with Gasteiger partial charge in [-0.2, -0.15) is 0 Å². The van der Waals surface area contributed by atoms with Gasteiger partial charge in [-0.25, -0.2) is 0 Å². The molecule has 1 atom stereocenters. The van der Waals surface area contributed by atoms with E-state index in [0.717, 1.165) is 6.04 Å². The Bertz CT molecular complexity index is 299. The second-order valence-electron chi connectivity index (χ2n) is 5.34. The van der Waals surface area contributed by atoms with Gasteiger partial charge >= 0.3 is 0 Å². The van der Waals surface area contributed by atoms with Crippen LogP contribution in [-0.2, 0) is 0 Å². The molecule has 2 rings (SSSR count). The lowest BCUT2D eigenvalue weighted by Crippen LogP contribution is -2.32. The van der Waals surface area contributed by atoms with Gasteiger partial charge in [-0.15, -0.1) is 0 Å². The topological polar surface area (TPSA) is 12.0 Å². The Hall–Kier alpha value is -0.820. The molecule has 94 valence electrons. The van der Waals surface area contributed by atoms with Crippen molar-refractivity contribution in [2.75, 3.05) is 0 Å². The normalized spacial score (nSPS) is 20.5. The fraction of sp³-hybridized carbons (Fsp3) is 0.625. The quantitative estimate of drug-likeness (QED) is 0.810. The molecule has 1 nitrogen and oxygen atoms in total. The Kier molecular flexibility index (Phi) is 5.06. The van der Waals surface area contributed by atoms with E-state index in [1.165, 1.54) is 50.5 Å². The smallest absolute Gasteiger partial charge is 0.0294 e. The van der Waals surface area contributed by atoms with Crippen molar-refractivity contribution in [1.29, 1.82) is 0 Å². The van der Waals surface area contributed by atoms with E-state index in [4.69, 9.17) is 0 Å². The van der Waals surface area contributed by atoms with Crippen LogP contribution in [-0.4, -0.2) is 6.04 Å². The lowest BCUT2D eigenvalue weighted by atomic mass is 9.95. The molecular weight excluding hydrogens is 206 g/mol. The van der Waals surface area contributed by atoms with E-state index < -0.39 is 0 Å². The largest absolute Gasteiger partial charge is 0.307 e. The fourth-order valence-corrected chi connectivity index (χ4v) is 2.81. The van der Waals surface area contributed by atoms with Gasteiger partial charge in [-0.3, -0.25) is 0 Å². The highest BCUT2D eigenvalue weighted by Crippen LogP contribution is 2.20. The van der Waals surface area contributed by atoms with Gasteiger partial charge in [0.05, 0.1) is 0 Å². The molecule has 1 heteroatoms. The van der Waals surface area contributed by atoms with Crippen LogP contribution < -0.4 is 5.32 Å². The summed E-state index contributed by atoms with van der Waals surface area (Å²) in [6, 6.07) is 12.0. The van der Waals surface area contributed by atoms with Gasteiger partial charge in [0.15, 0.2) is 0 Å². The van der Waals surface area contributed by atoms with E-state index in [0.29, 0.717) is 6.04 Å². The minimum atomic E-state index is 0.487. The van der Waals surface area contributed by atoms with Crippen LogP contribution in [0.4, 0.5) is 0 Å². The van der Waals surface area contributed by atoms with Crippen molar-refractivity contribution < 1.29 is 0 Å². The van der Waals surface area contributed by atoms with Crippen molar-refractivity contribution in [2.45, 2.75) is 64.0 Å². The summed E-state index contributed by atoms with van der Waals surface area (Å²) >= 11 is 0. The van der Waals surface area contributed by atoms with Gasteiger partial charge in [0, 0.05) is 12.1 Å².